The fourth-order valence-corrected chi connectivity index (χ4v) is 1.86. The average molecular weight is 283 g/mol. The van der Waals surface area contributed by atoms with E-state index in [9.17, 15) is 14.4 Å². The van der Waals surface area contributed by atoms with E-state index in [0.29, 0.717) is 5.56 Å². The quantitative estimate of drug-likeness (QED) is 0.478. The number of carbonyl (C=O) groups is 3. The summed E-state index contributed by atoms with van der Waals surface area (Å²) in [4.78, 5) is 39.7. The molecule has 0 spiro atoms. The number of aromatic nitrogens is 1. The van der Waals surface area contributed by atoms with Gasteiger partial charge in [0.25, 0.3) is 0 Å². The highest BCUT2D eigenvalue weighted by Crippen LogP contribution is 2.12. The summed E-state index contributed by atoms with van der Waals surface area (Å²) in [6.45, 7) is 0. The molecule has 0 amide bonds. The normalized spacial score (nSPS) is 9.95. The molecular weight excluding hydrogens is 270 g/mol. The molecule has 0 atom stereocenters. The van der Waals surface area contributed by atoms with Crippen molar-refractivity contribution in [3.63, 3.8) is 0 Å². The summed E-state index contributed by atoms with van der Waals surface area (Å²) in [7, 11) is 1.22. The van der Waals surface area contributed by atoms with Crippen molar-refractivity contribution in [1.29, 1.82) is 0 Å². The number of ether oxygens (including phenoxy) is 1. The minimum atomic E-state index is -0.654. The summed E-state index contributed by atoms with van der Waals surface area (Å²) >= 11 is 0. The first-order chi connectivity index (χ1) is 10.1. The second kappa shape index (κ2) is 6.56. The van der Waals surface area contributed by atoms with Crippen molar-refractivity contribution in [2.75, 3.05) is 7.11 Å². The van der Waals surface area contributed by atoms with E-state index in [1.54, 1.807) is 30.3 Å². The topological polar surface area (TPSA) is 73.3 Å². The Bertz CT molecular complexity index is 680. The molecule has 2 rings (SSSR count). The fourth-order valence-electron chi connectivity index (χ4n) is 1.86. The molecule has 21 heavy (non-hydrogen) atoms. The predicted octanol–water partition coefficient (Wildman–Crippen LogP) is 2.32. The SMILES string of the molecule is COC(=O)c1cccnc1C(=O)CC(=O)c1ccccc1. The lowest BCUT2D eigenvalue weighted by Gasteiger charge is -2.05. The van der Waals surface area contributed by atoms with E-state index in [-0.39, 0.29) is 23.5 Å². The van der Waals surface area contributed by atoms with Gasteiger partial charge in [0, 0.05) is 11.8 Å². The third kappa shape index (κ3) is 3.39. The summed E-state index contributed by atoms with van der Waals surface area (Å²) < 4.78 is 4.60. The third-order valence-corrected chi connectivity index (χ3v) is 2.89. The number of benzene rings is 1. The lowest BCUT2D eigenvalue weighted by atomic mass is 10.0. The van der Waals surface area contributed by atoms with Crippen molar-refractivity contribution < 1.29 is 19.1 Å². The van der Waals surface area contributed by atoms with Crippen LogP contribution in [0.1, 0.15) is 37.6 Å². The van der Waals surface area contributed by atoms with Gasteiger partial charge in [-0.2, -0.15) is 0 Å². The van der Waals surface area contributed by atoms with Crippen molar-refractivity contribution in [1.82, 2.24) is 4.98 Å². The lowest BCUT2D eigenvalue weighted by Crippen LogP contribution is -2.15. The lowest BCUT2D eigenvalue weighted by molar-refractivity contribution is 0.0595. The minimum absolute atomic E-state index is 0.0476. The van der Waals surface area contributed by atoms with Gasteiger partial charge < -0.3 is 4.74 Å². The van der Waals surface area contributed by atoms with Gasteiger partial charge in [-0.25, -0.2) is 4.79 Å². The number of hydrogen-bond donors (Lipinski definition) is 0. The van der Waals surface area contributed by atoms with Gasteiger partial charge in [0.15, 0.2) is 11.6 Å². The van der Waals surface area contributed by atoms with E-state index in [0.717, 1.165) is 0 Å². The highest BCUT2D eigenvalue weighted by molar-refractivity contribution is 6.15. The maximum absolute atomic E-state index is 12.2. The van der Waals surface area contributed by atoms with Crippen LogP contribution in [0.4, 0.5) is 0 Å². The van der Waals surface area contributed by atoms with E-state index in [1.807, 2.05) is 0 Å². The van der Waals surface area contributed by atoms with Crippen LogP contribution in [0.15, 0.2) is 48.7 Å². The van der Waals surface area contributed by atoms with Crippen LogP contribution in [-0.4, -0.2) is 29.6 Å². The van der Waals surface area contributed by atoms with Gasteiger partial charge in [0.2, 0.25) is 0 Å². The van der Waals surface area contributed by atoms with Gasteiger partial charge in [-0.1, -0.05) is 30.3 Å². The summed E-state index contributed by atoms with van der Waals surface area (Å²) in [6, 6.07) is 11.5. The van der Waals surface area contributed by atoms with Gasteiger partial charge in [-0.15, -0.1) is 0 Å². The smallest absolute Gasteiger partial charge is 0.340 e. The van der Waals surface area contributed by atoms with Crippen molar-refractivity contribution in [2.24, 2.45) is 0 Å². The molecule has 1 heterocycles. The Morgan fingerprint density at radius 1 is 1.00 bits per heavy atom. The fraction of sp³-hybridized carbons (Fsp3) is 0.125. The van der Waals surface area contributed by atoms with Crippen LogP contribution in [0, 0.1) is 0 Å². The number of esters is 1. The zero-order valence-electron chi connectivity index (χ0n) is 11.4. The van der Waals surface area contributed by atoms with Gasteiger partial charge in [-0.3, -0.25) is 14.6 Å². The van der Waals surface area contributed by atoms with Crippen LogP contribution in [0.2, 0.25) is 0 Å². The molecule has 0 unspecified atom stereocenters. The summed E-state index contributed by atoms with van der Waals surface area (Å²) in [6.07, 6.45) is 1.05. The molecule has 0 saturated carbocycles. The van der Waals surface area contributed by atoms with E-state index in [1.165, 1.54) is 25.4 Å². The molecule has 106 valence electrons. The number of ketones is 2. The van der Waals surface area contributed by atoms with Crippen LogP contribution in [0.3, 0.4) is 0 Å². The minimum Gasteiger partial charge on any atom is -0.465 e. The predicted molar refractivity (Wildman–Crippen MR) is 75.3 cm³/mol. The molecule has 0 aliphatic carbocycles. The van der Waals surface area contributed by atoms with Gasteiger partial charge in [-0.05, 0) is 12.1 Å². The first-order valence-electron chi connectivity index (χ1n) is 6.28. The molecular formula is C16H13NO4. The third-order valence-electron chi connectivity index (χ3n) is 2.89. The standard InChI is InChI=1S/C16H13NO4/c1-21-16(20)12-8-5-9-17-15(12)14(19)10-13(18)11-6-3-2-4-7-11/h2-9H,10H2,1H3. The van der Waals surface area contributed by atoms with E-state index in [4.69, 9.17) is 0 Å². The molecule has 0 saturated heterocycles. The summed E-state index contributed by atoms with van der Waals surface area (Å²) in [5.41, 5.74) is 0.459. The molecule has 0 fully saturated rings. The Kier molecular flexibility index (Phi) is 4.56. The number of pyridine rings is 1. The Hall–Kier alpha value is -2.82. The average Bonchev–Trinajstić information content (AvgIpc) is 2.54. The summed E-state index contributed by atoms with van der Waals surface area (Å²) in [5, 5.41) is 0. The number of Topliss-reactive ketones (excluding diaryl/α,β-unsaturated/α-hetero) is 2. The first kappa shape index (κ1) is 14.6. The van der Waals surface area contributed by atoms with Crippen LogP contribution in [-0.2, 0) is 4.74 Å². The van der Waals surface area contributed by atoms with Crippen molar-refractivity contribution in [3.05, 3.63) is 65.5 Å². The molecule has 1 aromatic heterocycles. The Labute approximate surface area is 121 Å². The number of hydrogen-bond acceptors (Lipinski definition) is 5. The zero-order chi connectivity index (χ0) is 15.2. The molecule has 5 heteroatoms. The zero-order valence-corrected chi connectivity index (χ0v) is 11.4. The van der Waals surface area contributed by atoms with Gasteiger partial charge >= 0.3 is 5.97 Å². The molecule has 2 aromatic rings. The monoisotopic (exact) mass is 283 g/mol. The van der Waals surface area contributed by atoms with Crippen molar-refractivity contribution >= 4 is 17.5 Å². The highest BCUT2D eigenvalue weighted by atomic mass is 16.5. The van der Waals surface area contributed by atoms with Crippen molar-refractivity contribution in [2.45, 2.75) is 6.42 Å². The van der Waals surface area contributed by atoms with E-state index >= 15 is 0 Å². The van der Waals surface area contributed by atoms with Crippen LogP contribution in [0.25, 0.3) is 0 Å². The number of rotatable bonds is 5. The van der Waals surface area contributed by atoms with Crippen molar-refractivity contribution in [3.8, 4) is 0 Å². The maximum atomic E-state index is 12.2. The molecule has 0 aliphatic rings. The largest absolute Gasteiger partial charge is 0.465 e. The molecule has 5 nitrogen and oxygen atoms in total. The van der Waals surface area contributed by atoms with Gasteiger partial charge in [0.1, 0.15) is 5.69 Å². The van der Waals surface area contributed by atoms with Crippen LogP contribution >= 0.6 is 0 Å². The van der Waals surface area contributed by atoms with Crippen LogP contribution < -0.4 is 0 Å². The van der Waals surface area contributed by atoms with Gasteiger partial charge in [0.05, 0.1) is 19.1 Å². The first-order valence-corrected chi connectivity index (χ1v) is 6.28. The number of methoxy groups -OCH3 is 1. The molecule has 0 N–H and O–H groups in total. The number of nitrogens with zero attached hydrogens (tertiary/aromatic N) is 1. The van der Waals surface area contributed by atoms with E-state index in [2.05, 4.69) is 9.72 Å². The maximum Gasteiger partial charge on any atom is 0.340 e. The van der Waals surface area contributed by atoms with Crippen LogP contribution in [0.5, 0.6) is 0 Å². The second-order valence-electron chi connectivity index (χ2n) is 4.28. The highest BCUT2D eigenvalue weighted by Gasteiger charge is 2.21. The molecule has 1 aromatic carbocycles. The molecule has 0 aliphatic heterocycles. The Morgan fingerprint density at radius 2 is 1.71 bits per heavy atom. The Balaban J connectivity index is 2.22. The molecule has 0 bridgehead atoms. The van der Waals surface area contributed by atoms with E-state index < -0.39 is 11.8 Å². The second-order valence-corrected chi connectivity index (χ2v) is 4.28. The summed E-state index contributed by atoms with van der Waals surface area (Å²) in [5.74, 6) is -1.48. The number of carbonyl (C=O) groups excluding carboxylic acids is 3. The Morgan fingerprint density at radius 3 is 2.38 bits per heavy atom. The molecule has 0 radical (unpaired) electrons.